The molecule has 0 saturated heterocycles. The van der Waals surface area contributed by atoms with Crippen molar-refractivity contribution in [1.29, 1.82) is 0 Å². The quantitative estimate of drug-likeness (QED) is 0.838. The SMILES string of the molecule is CC1=NN(c2ccc(C(=O)NC(Cc3ccccc3)C(=O)O)cc2)CC1. The summed E-state index contributed by atoms with van der Waals surface area (Å²) >= 11 is 0. The molecule has 26 heavy (non-hydrogen) atoms. The van der Waals surface area contributed by atoms with Crippen molar-refractivity contribution < 1.29 is 14.7 Å². The third-order valence-electron chi connectivity index (χ3n) is 4.29. The van der Waals surface area contributed by atoms with Crippen LogP contribution in [0.3, 0.4) is 0 Å². The number of carbonyl (C=O) groups is 2. The molecule has 1 heterocycles. The van der Waals surface area contributed by atoms with Gasteiger partial charge in [0, 0.05) is 30.7 Å². The Hall–Kier alpha value is -3.15. The Balaban J connectivity index is 1.66. The Bertz CT molecular complexity index is 816. The number of amides is 1. The topological polar surface area (TPSA) is 82.0 Å². The number of carbonyl (C=O) groups excluding carboxylic acids is 1. The van der Waals surface area contributed by atoms with E-state index in [9.17, 15) is 14.7 Å². The van der Waals surface area contributed by atoms with Crippen LogP contribution in [0.2, 0.25) is 0 Å². The second-order valence-corrected chi connectivity index (χ2v) is 6.31. The zero-order valence-corrected chi connectivity index (χ0v) is 14.6. The predicted molar refractivity (Wildman–Crippen MR) is 101 cm³/mol. The highest BCUT2D eigenvalue weighted by Crippen LogP contribution is 2.20. The van der Waals surface area contributed by atoms with Gasteiger partial charge in [-0.2, -0.15) is 5.10 Å². The predicted octanol–water partition coefficient (Wildman–Crippen LogP) is 2.70. The molecule has 2 N–H and O–H groups in total. The van der Waals surface area contributed by atoms with E-state index < -0.39 is 17.9 Å². The van der Waals surface area contributed by atoms with Gasteiger partial charge in [0.1, 0.15) is 6.04 Å². The summed E-state index contributed by atoms with van der Waals surface area (Å²) < 4.78 is 0. The average Bonchev–Trinajstić information content (AvgIpc) is 3.08. The molecule has 0 aromatic heterocycles. The van der Waals surface area contributed by atoms with Gasteiger partial charge >= 0.3 is 5.97 Å². The van der Waals surface area contributed by atoms with Crippen LogP contribution in [0.5, 0.6) is 0 Å². The molecule has 0 aliphatic carbocycles. The number of anilines is 1. The number of carboxylic acid groups (broad SMARTS) is 1. The van der Waals surface area contributed by atoms with E-state index >= 15 is 0 Å². The normalized spacial score (nSPS) is 14.7. The lowest BCUT2D eigenvalue weighted by atomic mass is 10.1. The second-order valence-electron chi connectivity index (χ2n) is 6.31. The molecule has 1 aliphatic rings. The Morgan fingerprint density at radius 2 is 1.85 bits per heavy atom. The van der Waals surface area contributed by atoms with Gasteiger partial charge in [0.15, 0.2) is 0 Å². The maximum Gasteiger partial charge on any atom is 0.326 e. The van der Waals surface area contributed by atoms with Gasteiger partial charge in [-0.1, -0.05) is 30.3 Å². The molecule has 6 nitrogen and oxygen atoms in total. The number of hydrogen-bond acceptors (Lipinski definition) is 4. The maximum absolute atomic E-state index is 12.4. The Morgan fingerprint density at radius 1 is 1.15 bits per heavy atom. The summed E-state index contributed by atoms with van der Waals surface area (Å²) in [7, 11) is 0. The molecule has 0 saturated carbocycles. The fraction of sp³-hybridized carbons (Fsp3) is 0.250. The first-order valence-corrected chi connectivity index (χ1v) is 8.52. The van der Waals surface area contributed by atoms with E-state index in [1.165, 1.54) is 0 Å². The number of nitrogens with zero attached hydrogens (tertiary/aromatic N) is 2. The van der Waals surface area contributed by atoms with Crippen LogP contribution in [0.1, 0.15) is 29.3 Å². The van der Waals surface area contributed by atoms with Crippen LogP contribution in [-0.4, -0.2) is 35.3 Å². The van der Waals surface area contributed by atoms with Crippen molar-refractivity contribution in [2.45, 2.75) is 25.8 Å². The van der Waals surface area contributed by atoms with Crippen LogP contribution in [0.15, 0.2) is 59.7 Å². The van der Waals surface area contributed by atoms with E-state index in [4.69, 9.17) is 0 Å². The van der Waals surface area contributed by atoms with Gasteiger partial charge < -0.3 is 10.4 Å². The van der Waals surface area contributed by atoms with Gasteiger partial charge in [-0.15, -0.1) is 0 Å². The minimum absolute atomic E-state index is 0.238. The van der Waals surface area contributed by atoms with E-state index in [1.807, 2.05) is 54.4 Å². The molecule has 2 aromatic carbocycles. The van der Waals surface area contributed by atoms with Crippen molar-refractivity contribution in [3.05, 3.63) is 65.7 Å². The van der Waals surface area contributed by atoms with E-state index in [2.05, 4.69) is 10.4 Å². The molecular formula is C20H21N3O3. The third-order valence-corrected chi connectivity index (χ3v) is 4.29. The van der Waals surface area contributed by atoms with Crippen LogP contribution in [0.25, 0.3) is 0 Å². The minimum Gasteiger partial charge on any atom is -0.480 e. The van der Waals surface area contributed by atoms with Crippen LogP contribution in [0, 0.1) is 0 Å². The highest BCUT2D eigenvalue weighted by Gasteiger charge is 2.21. The standard InChI is InChI=1S/C20H21N3O3/c1-14-11-12-23(22-14)17-9-7-16(8-10-17)19(24)21-18(20(25)26)13-15-5-3-2-4-6-15/h2-10,18H,11-13H2,1H3,(H,21,24)(H,25,26). The molecule has 1 unspecified atom stereocenters. The molecule has 2 aromatic rings. The molecule has 0 spiro atoms. The van der Waals surface area contributed by atoms with E-state index in [-0.39, 0.29) is 6.42 Å². The van der Waals surface area contributed by atoms with Crippen molar-refractivity contribution in [1.82, 2.24) is 5.32 Å². The Morgan fingerprint density at radius 3 is 2.42 bits per heavy atom. The zero-order chi connectivity index (χ0) is 18.5. The minimum atomic E-state index is -1.05. The summed E-state index contributed by atoms with van der Waals surface area (Å²) in [6.45, 7) is 2.82. The average molecular weight is 351 g/mol. The summed E-state index contributed by atoms with van der Waals surface area (Å²) in [5, 5.41) is 18.3. The zero-order valence-electron chi connectivity index (χ0n) is 14.6. The number of aliphatic carboxylic acids is 1. The molecule has 1 amide bonds. The molecule has 134 valence electrons. The van der Waals surface area contributed by atoms with Crippen molar-refractivity contribution in [2.24, 2.45) is 5.10 Å². The van der Waals surface area contributed by atoms with Crippen LogP contribution < -0.4 is 10.3 Å². The fourth-order valence-corrected chi connectivity index (χ4v) is 2.84. The van der Waals surface area contributed by atoms with Crippen molar-refractivity contribution in [2.75, 3.05) is 11.6 Å². The lowest BCUT2D eigenvalue weighted by molar-refractivity contribution is -0.139. The van der Waals surface area contributed by atoms with E-state index in [0.717, 1.165) is 29.9 Å². The summed E-state index contributed by atoms with van der Waals surface area (Å²) in [6, 6.07) is 15.3. The van der Waals surface area contributed by atoms with Crippen LogP contribution in [0.4, 0.5) is 5.69 Å². The molecule has 0 radical (unpaired) electrons. The van der Waals surface area contributed by atoms with Crippen LogP contribution >= 0.6 is 0 Å². The summed E-state index contributed by atoms with van der Waals surface area (Å²) in [6.07, 6.45) is 1.17. The smallest absolute Gasteiger partial charge is 0.326 e. The van der Waals surface area contributed by atoms with Crippen molar-refractivity contribution >= 4 is 23.3 Å². The number of nitrogens with one attached hydrogen (secondary N) is 1. The molecule has 0 bridgehead atoms. The van der Waals surface area contributed by atoms with Crippen molar-refractivity contribution in [3.8, 4) is 0 Å². The summed E-state index contributed by atoms with van der Waals surface area (Å²) in [4.78, 5) is 23.9. The van der Waals surface area contributed by atoms with Crippen molar-refractivity contribution in [3.63, 3.8) is 0 Å². The molecule has 1 atom stereocenters. The molecule has 3 rings (SSSR count). The van der Waals surface area contributed by atoms with E-state index in [0.29, 0.717) is 5.56 Å². The van der Waals surface area contributed by atoms with Gasteiger partial charge in [0.2, 0.25) is 0 Å². The van der Waals surface area contributed by atoms with Gasteiger partial charge in [-0.3, -0.25) is 9.80 Å². The van der Waals surface area contributed by atoms with Gasteiger partial charge in [0.05, 0.1) is 5.69 Å². The second kappa shape index (κ2) is 7.82. The Labute approximate surface area is 152 Å². The first-order chi connectivity index (χ1) is 12.5. The summed E-state index contributed by atoms with van der Waals surface area (Å²) in [5.41, 5.74) is 3.28. The lowest BCUT2D eigenvalue weighted by Crippen LogP contribution is -2.42. The highest BCUT2D eigenvalue weighted by atomic mass is 16.4. The van der Waals surface area contributed by atoms with E-state index in [1.54, 1.807) is 12.1 Å². The first-order valence-electron chi connectivity index (χ1n) is 8.52. The van der Waals surface area contributed by atoms with Gasteiger partial charge in [0.25, 0.3) is 5.91 Å². The molecular weight excluding hydrogens is 330 g/mol. The third kappa shape index (κ3) is 4.27. The monoisotopic (exact) mass is 351 g/mol. The highest BCUT2D eigenvalue weighted by molar-refractivity contribution is 5.97. The largest absolute Gasteiger partial charge is 0.480 e. The number of rotatable bonds is 6. The van der Waals surface area contributed by atoms with Gasteiger partial charge in [-0.25, -0.2) is 4.79 Å². The Kier molecular flexibility index (Phi) is 5.31. The number of carboxylic acids is 1. The molecule has 6 heteroatoms. The fourth-order valence-electron chi connectivity index (χ4n) is 2.84. The maximum atomic E-state index is 12.4. The van der Waals surface area contributed by atoms with Crippen LogP contribution in [-0.2, 0) is 11.2 Å². The number of hydrogen-bond donors (Lipinski definition) is 2. The first kappa shape index (κ1) is 17.7. The number of hydrazone groups is 1. The molecule has 0 fully saturated rings. The number of benzene rings is 2. The molecule has 1 aliphatic heterocycles. The van der Waals surface area contributed by atoms with Gasteiger partial charge in [-0.05, 0) is 36.8 Å². The lowest BCUT2D eigenvalue weighted by Gasteiger charge is -2.16. The summed E-state index contributed by atoms with van der Waals surface area (Å²) in [5.74, 6) is -1.46.